The number of fused-ring (bicyclic) bond motifs is 3. The van der Waals surface area contributed by atoms with Gasteiger partial charge in [0, 0.05) is 40.0 Å². The summed E-state index contributed by atoms with van der Waals surface area (Å²) in [6.45, 7) is 0.340. The standard InChI is InChI=1S/C25H32N2O8S2/c1-26(13-5-7-24(28)34-3)36(30,31)20-9-11-22-18(16-20)15-19-17-21(10-12-23(19)22)37(32,33)27(2)14-6-8-25(29)35-4/h9-12,16-17H,5-8,13-15H2,1-4H3. The number of hydrogen-bond acceptors (Lipinski definition) is 8. The molecule has 3 rings (SSSR count). The summed E-state index contributed by atoms with van der Waals surface area (Å²) in [7, 11) is -2.03. The molecule has 0 bridgehead atoms. The highest BCUT2D eigenvalue weighted by Gasteiger charge is 2.27. The maximum atomic E-state index is 13.1. The van der Waals surface area contributed by atoms with Crippen LogP contribution in [0.1, 0.15) is 36.8 Å². The zero-order valence-corrected chi connectivity index (χ0v) is 23.0. The first kappa shape index (κ1) is 28.8. The van der Waals surface area contributed by atoms with E-state index in [0.29, 0.717) is 19.3 Å². The van der Waals surface area contributed by atoms with Gasteiger partial charge >= 0.3 is 11.9 Å². The van der Waals surface area contributed by atoms with E-state index < -0.39 is 32.0 Å². The zero-order valence-electron chi connectivity index (χ0n) is 21.4. The number of carbonyl (C=O) groups excluding carboxylic acids is 2. The van der Waals surface area contributed by atoms with E-state index in [2.05, 4.69) is 9.47 Å². The molecule has 0 spiro atoms. The lowest BCUT2D eigenvalue weighted by molar-refractivity contribution is -0.141. The van der Waals surface area contributed by atoms with E-state index in [1.807, 2.05) is 0 Å². The largest absolute Gasteiger partial charge is 0.469 e. The van der Waals surface area contributed by atoms with E-state index in [0.717, 1.165) is 22.3 Å². The summed E-state index contributed by atoms with van der Waals surface area (Å²) in [4.78, 5) is 22.9. The van der Waals surface area contributed by atoms with Crippen molar-refractivity contribution in [2.24, 2.45) is 0 Å². The van der Waals surface area contributed by atoms with Crippen LogP contribution in [0, 0.1) is 0 Å². The fourth-order valence-corrected chi connectivity index (χ4v) is 6.70. The lowest BCUT2D eigenvalue weighted by Gasteiger charge is -2.17. The van der Waals surface area contributed by atoms with Crippen LogP contribution in [0.15, 0.2) is 46.2 Å². The molecule has 0 N–H and O–H groups in total. The summed E-state index contributed by atoms with van der Waals surface area (Å²) in [6, 6.07) is 9.80. The normalized spacial score (nSPS) is 12.9. The first-order valence-electron chi connectivity index (χ1n) is 11.7. The highest BCUT2D eigenvalue weighted by Crippen LogP contribution is 2.39. The average Bonchev–Trinajstić information content (AvgIpc) is 3.25. The zero-order chi connectivity index (χ0) is 27.4. The molecule has 0 unspecified atom stereocenters. The van der Waals surface area contributed by atoms with Crippen LogP contribution in [0.4, 0.5) is 0 Å². The molecular formula is C25H32N2O8S2. The van der Waals surface area contributed by atoms with Crippen LogP contribution in [-0.2, 0) is 45.5 Å². The van der Waals surface area contributed by atoms with Crippen molar-refractivity contribution in [2.45, 2.75) is 41.9 Å². The highest BCUT2D eigenvalue weighted by molar-refractivity contribution is 7.89. The Labute approximate surface area is 218 Å². The summed E-state index contributed by atoms with van der Waals surface area (Å²) >= 11 is 0. The lowest BCUT2D eigenvalue weighted by Crippen LogP contribution is -2.28. The molecule has 0 saturated carbocycles. The molecule has 2 aromatic carbocycles. The van der Waals surface area contributed by atoms with E-state index in [9.17, 15) is 26.4 Å². The number of carbonyl (C=O) groups is 2. The van der Waals surface area contributed by atoms with Crippen molar-refractivity contribution in [1.82, 2.24) is 8.61 Å². The molecule has 37 heavy (non-hydrogen) atoms. The number of rotatable bonds is 12. The van der Waals surface area contributed by atoms with Crippen LogP contribution in [0.25, 0.3) is 11.1 Å². The molecule has 0 fully saturated rings. The van der Waals surface area contributed by atoms with E-state index >= 15 is 0 Å². The van der Waals surface area contributed by atoms with Crippen LogP contribution >= 0.6 is 0 Å². The molecule has 2 aromatic rings. The minimum atomic E-state index is -3.77. The lowest BCUT2D eigenvalue weighted by atomic mass is 10.1. The summed E-state index contributed by atoms with van der Waals surface area (Å²) in [5.41, 5.74) is 3.30. The fourth-order valence-electron chi connectivity index (χ4n) is 4.18. The maximum Gasteiger partial charge on any atom is 0.305 e. The highest BCUT2D eigenvalue weighted by atomic mass is 32.2. The molecule has 0 radical (unpaired) electrons. The molecule has 10 nitrogen and oxygen atoms in total. The van der Waals surface area contributed by atoms with Gasteiger partial charge in [0.2, 0.25) is 20.0 Å². The summed E-state index contributed by atoms with van der Waals surface area (Å²) in [5, 5.41) is 0. The Kier molecular flexibility index (Phi) is 9.11. The SMILES string of the molecule is COC(=O)CCCN(C)S(=O)(=O)c1ccc2c(c1)Cc1cc(S(=O)(=O)N(C)CCCC(=O)OC)ccc1-2. The van der Waals surface area contributed by atoms with Crippen LogP contribution in [0.2, 0.25) is 0 Å². The second-order valence-electron chi connectivity index (χ2n) is 8.83. The number of nitrogens with zero attached hydrogens (tertiary/aromatic N) is 2. The predicted molar refractivity (Wildman–Crippen MR) is 137 cm³/mol. The second kappa shape index (κ2) is 11.7. The predicted octanol–water partition coefficient (Wildman–Crippen LogP) is 2.41. The van der Waals surface area contributed by atoms with Gasteiger partial charge in [-0.15, -0.1) is 0 Å². The number of ether oxygens (including phenoxy) is 2. The third-order valence-corrected chi connectivity index (χ3v) is 10.1. The van der Waals surface area contributed by atoms with Gasteiger partial charge in [-0.1, -0.05) is 12.1 Å². The van der Waals surface area contributed by atoms with Crippen molar-refractivity contribution in [3.63, 3.8) is 0 Å². The van der Waals surface area contributed by atoms with Crippen molar-refractivity contribution < 1.29 is 35.9 Å². The summed E-state index contributed by atoms with van der Waals surface area (Å²) in [6.07, 6.45) is 1.33. The number of hydrogen-bond donors (Lipinski definition) is 0. The van der Waals surface area contributed by atoms with Crippen molar-refractivity contribution >= 4 is 32.0 Å². The van der Waals surface area contributed by atoms with Crippen LogP contribution < -0.4 is 0 Å². The molecule has 202 valence electrons. The van der Waals surface area contributed by atoms with Gasteiger partial charge in [0.25, 0.3) is 0 Å². The average molecular weight is 553 g/mol. The molecule has 1 aliphatic carbocycles. The van der Waals surface area contributed by atoms with E-state index in [1.165, 1.54) is 36.9 Å². The summed E-state index contributed by atoms with van der Waals surface area (Å²) in [5.74, 6) is -0.787. The first-order valence-corrected chi connectivity index (χ1v) is 14.6. The van der Waals surface area contributed by atoms with Gasteiger partial charge < -0.3 is 9.47 Å². The monoisotopic (exact) mass is 552 g/mol. The van der Waals surface area contributed by atoms with Gasteiger partial charge in [0.15, 0.2) is 0 Å². The maximum absolute atomic E-state index is 13.1. The number of esters is 2. The quantitative estimate of drug-likeness (QED) is 0.314. The van der Waals surface area contributed by atoms with Gasteiger partial charge in [0.1, 0.15) is 0 Å². The Morgan fingerprint density at radius 3 is 1.46 bits per heavy atom. The van der Waals surface area contributed by atoms with Gasteiger partial charge in [-0.25, -0.2) is 25.4 Å². The Morgan fingerprint density at radius 1 is 0.730 bits per heavy atom. The molecule has 0 aliphatic heterocycles. The number of methoxy groups -OCH3 is 2. The Hall–Kier alpha value is -2.80. The van der Waals surface area contributed by atoms with Crippen molar-refractivity contribution in [3.05, 3.63) is 47.5 Å². The third-order valence-electron chi connectivity index (χ3n) is 6.40. The number of benzene rings is 2. The van der Waals surface area contributed by atoms with Crippen molar-refractivity contribution in [2.75, 3.05) is 41.4 Å². The minimum Gasteiger partial charge on any atom is -0.469 e. The van der Waals surface area contributed by atoms with Crippen LogP contribution in [0.3, 0.4) is 0 Å². The minimum absolute atomic E-state index is 0.127. The number of sulfonamides is 2. The topological polar surface area (TPSA) is 127 Å². The van der Waals surface area contributed by atoms with E-state index in [-0.39, 0.29) is 35.7 Å². The molecule has 1 aliphatic rings. The van der Waals surface area contributed by atoms with E-state index in [1.54, 1.807) is 36.4 Å². The van der Waals surface area contributed by atoms with Crippen molar-refractivity contribution in [1.29, 1.82) is 0 Å². The Balaban J connectivity index is 1.75. The molecule has 0 saturated heterocycles. The molecule has 0 atom stereocenters. The first-order chi connectivity index (χ1) is 17.4. The molecule has 0 aromatic heterocycles. The van der Waals surface area contributed by atoms with Gasteiger partial charge in [0.05, 0.1) is 24.0 Å². The van der Waals surface area contributed by atoms with E-state index in [4.69, 9.17) is 0 Å². The molecule has 0 heterocycles. The van der Waals surface area contributed by atoms with Gasteiger partial charge in [-0.2, -0.15) is 0 Å². The fraction of sp³-hybridized carbons (Fsp3) is 0.440. The molecule has 12 heteroatoms. The molecule has 0 amide bonds. The van der Waals surface area contributed by atoms with Crippen molar-refractivity contribution in [3.8, 4) is 11.1 Å². The third kappa shape index (κ3) is 6.38. The second-order valence-corrected chi connectivity index (χ2v) is 12.9. The smallest absolute Gasteiger partial charge is 0.305 e. The van der Waals surface area contributed by atoms with Gasteiger partial charge in [-0.05, 0) is 65.8 Å². The Morgan fingerprint density at radius 2 is 1.11 bits per heavy atom. The summed E-state index contributed by atoms with van der Waals surface area (Å²) < 4.78 is 63.8. The van der Waals surface area contributed by atoms with Gasteiger partial charge in [-0.3, -0.25) is 9.59 Å². The van der Waals surface area contributed by atoms with Crippen LogP contribution in [-0.4, -0.2) is 78.8 Å². The Bertz CT molecular complexity index is 1280. The van der Waals surface area contributed by atoms with Crippen LogP contribution in [0.5, 0.6) is 0 Å². The molecular weight excluding hydrogens is 520 g/mol.